The first-order chi connectivity index (χ1) is 17.1. The van der Waals surface area contributed by atoms with Crippen LogP contribution in [0.25, 0.3) is 0 Å². The van der Waals surface area contributed by atoms with Gasteiger partial charge in [-0.3, -0.25) is 9.59 Å². The summed E-state index contributed by atoms with van der Waals surface area (Å²) in [6, 6.07) is 6.94. The Hall–Kier alpha value is -2.57. The van der Waals surface area contributed by atoms with Gasteiger partial charge in [0.15, 0.2) is 0 Å². The molecule has 0 saturated heterocycles. The molecule has 1 atom stereocenters. The molecule has 36 heavy (non-hydrogen) atoms. The number of aryl methyl sites for hydroxylation is 1. The molecule has 204 valence electrons. The van der Waals surface area contributed by atoms with Crippen LogP contribution in [-0.4, -0.2) is 48.0 Å². The van der Waals surface area contributed by atoms with Crippen molar-refractivity contribution in [3.8, 4) is 0 Å². The lowest BCUT2D eigenvalue weighted by Gasteiger charge is -2.32. The standard InChI is InChI=1S/C29H49N3O4/c1-7-9-11-12-13-17-21-32(25(33)22-31-28(35)36-29(4,5)6)26(24-19-15-14-18-23(24)3)27(34)30-20-16-10-8-2/h14-15,18-19,26H,7-13,16-17,20-22H2,1-6H3,(H,30,34)(H,31,35). The monoisotopic (exact) mass is 503 g/mol. The summed E-state index contributed by atoms with van der Waals surface area (Å²) in [5, 5.41) is 5.62. The molecule has 1 aromatic carbocycles. The van der Waals surface area contributed by atoms with Gasteiger partial charge in [-0.2, -0.15) is 0 Å². The summed E-state index contributed by atoms with van der Waals surface area (Å²) in [6.45, 7) is 12.4. The van der Waals surface area contributed by atoms with E-state index < -0.39 is 17.7 Å². The van der Waals surface area contributed by atoms with Crippen molar-refractivity contribution >= 4 is 17.9 Å². The maximum absolute atomic E-state index is 13.5. The Morgan fingerprint density at radius 2 is 1.50 bits per heavy atom. The minimum atomic E-state index is -0.753. The van der Waals surface area contributed by atoms with Gasteiger partial charge in [0.05, 0.1) is 0 Å². The molecule has 0 heterocycles. The number of ether oxygens (including phenoxy) is 1. The Morgan fingerprint density at radius 3 is 2.14 bits per heavy atom. The van der Waals surface area contributed by atoms with Crippen LogP contribution in [0.2, 0.25) is 0 Å². The Balaban J connectivity index is 3.11. The van der Waals surface area contributed by atoms with Crippen molar-refractivity contribution in [3.05, 3.63) is 35.4 Å². The number of nitrogens with one attached hydrogen (secondary N) is 2. The van der Waals surface area contributed by atoms with Crippen molar-refractivity contribution in [2.24, 2.45) is 0 Å². The van der Waals surface area contributed by atoms with E-state index in [1.54, 1.807) is 25.7 Å². The number of hydrogen-bond acceptors (Lipinski definition) is 4. The maximum atomic E-state index is 13.5. The van der Waals surface area contributed by atoms with Crippen LogP contribution in [0.1, 0.15) is 110 Å². The highest BCUT2D eigenvalue weighted by atomic mass is 16.6. The zero-order valence-electron chi connectivity index (χ0n) is 23.5. The van der Waals surface area contributed by atoms with Gasteiger partial charge < -0.3 is 20.3 Å². The van der Waals surface area contributed by atoms with Crippen LogP contribution in [0.15, 0.2) is 24.3 Å². The number of carbonyl (C=O) groups is 3. The van der Waals surface area contributed by atoms with Crippen molar-refractivity contribution in [3.63, 3.8) is 0 Å². The van der Waals surface area contributed by atoms with Gasteiger partial charge in [-0.05, 0) is 51.7 Å². The molecular weight excluding hydrogens is 454 g/mol. The average molecular weight is 504 g/mol. The molecule has 0 fully saturated rings. The number of benzene rings is 1. The first-order valence-corrected chi connectivity index (χ1v) is 13.7. The van der Waals surface area contributed by atoms with Crippen LogP contribution >= 0.6 is 0 Å². The van der Waals surface area contributed by atoms with E-state index in [1.807, 2.05) is 31.2 Å². The zero-order chi connectivity index (χ0) is 27.0. The van der Waals surface area contributed by atoms with Crippen LogP contribution in [-0.2, 0) is 14.3 Å². The number of nitrogens with zero attached hydrogens (tertiary/aromatic N) is 1. The first kappa shape index (κ1) is 31.5. The molecule has 1 rings (SSSR count). The predicted molar refractivity (Wildman–Crippen MR) is 146 cm³/mol. The normalized spacial score (nSPS) is 12.1. The van der Waals surface area contributed by atoms with E-state index >= 15 is 0 Å². The molecule has 1 unspecified atom stereocenters. The third kappa shape index (κ3) is 12.4. The lowest BCUT2D eigenvalue weighted by Crippen LogP contribution is -2.48. The fourth-order valence-electron chi connectivity index (χ4n) is 4.05. The van der Waals surface area contributed by atoms with E-state index in [4.69, 9.17) is 4.74 Å². The van der Waals surface area contributed by atoms with Crippen LogP contribution in [0.5, 0.6) is 0 Å². The Labute approximate surface area is 218 Å². The summed E-state index contributed by atoms with van der Waals surface area (Å²) >= 11 is 0. The highest BCUT2D eigenvalue weighted by Crippen LogP contribution is 2.25. The zero-order valence-corrected chi connectivity index (χ0v) is 23.5. The van der Waals surface area contributed by atoms with E-state index in [0.29, 0.717) is 13.1 Å². The second-order valence-electron chi connectivity index (χ2n) is 10.5. The van der Waals surface area contributed by atoms with Gasteiger partial charge in [0, 0.05) is 13.1 Å². The summed E-state index contributed by atoms with van der Waals surface area (Å²) in [4.78, 5) is 40.8. The van der Waals surface area contributed by atoms with E-state index in [1.165, 1.54) is 19.3 Å². The summed E-state index contributed by atoms with van der Waals surface area (Å²) in [7, 11) is 0. The molecule has 3 amide bonds. The van der Waals surface area contributed by atoms with Gasteiger partial charge in [-0.1, -0.05) is 83.1 Å². The first-order valence-electron chi connectivity index (χ1n) is 13.7. The number of unbranched alkanes of at least 4 members (excludes halogenated alkanes) is 7. The quantitative estimate of drug-likeness (QED) is 0.269. The van der Waals surface area contributed by atoms with Gasteiger partial charge in [0.25, 0.3) is 0 Å². The molecule has 0 radical (unpaired) electrons. The summed E-state index contributed by atoms with van der Waals surface area (Å²) in [6.07, 6.45) is 8.79. The third-order valence-electron chi connectivity index (χ3n) is 5.98. The van der Waals surface area contributed by atoms with E-state index in [0.717, 1.165) is 49.7 Å². The van der Waals surface area contributed by atoms with E-state index in [-0.39, 0.29) is 18.4 Å². The molecule has 2 N–H and O–H groups in total. The van der Waals surface area contributed by atoms with Gasteiger partial charge >= 0.3 is 6.09 Å². The smallest absolute Gasteiger partial charge is 0.408 e. The molecule has 0 aliphatic heterocycles. The third-order valence-corrected chi connectivity index (χ3v) is 5.98. The largest absolute Gasteiger partial charge is 0.444 e. The molecule has 0 aliphatic carbocycles. The fraction of sp³-hybridized carbons (Fsp3) is 0.690. The fourth-order valence-corrected chi connectivity index (χ4v) is 4.05. The molecule has 7 heteroatoms. The van der Waals surface area contributed by atoms with Gasteiger partial charge in [0.2, 0.25) is 11.8 Å². The molecule has 0 aromatic heterocycles. The lowest BCUT2D eigenvalue weighted by atomic mass is 9.98. The van der Waals surface area contributed by atoms with Crippen LogP contribution in [0.4, 0.5) is 4.79 Å². The highest BCUT2D eigenvalue weighted by Gasteiger charge is 2.32. The van der Waals surface area contributed by atoms with Crippen molar-refractivity contribution in [2.75, 3.05) is 19.6 Å². The second-order valence-corrected chi connectivity index (χ2v) is 10.5. The van der Waals surface area contributed by atoms with Crippen LogP contribution < -0.4 is 10.6 Å². The van der Waals surface area contributed by atoms with Gasteiger partial charge in [0.1, 0.15) is 18.2 Å². The minimum absolute atomic E-state index is 0.183. The summed E-state index contributed by atoms with van der Waals surface area (Å²) < 4.78 is 5.29. The van der Waals surface area contributed by atoms with Crippen LogP contribution in [0, 0.1) is 6.92 Å². The van der Waals surface area contributed by atoms with Crippen molar-refractivity contribution < 1.29 is 19.1 Å². The molecule has 0 spiro atoms. The number of amides is 3. The highest BCUT2D eigenvalue weighted by molar-refractivity contribution is 5.90. The molecule has 7 nitrogen and oxygen atoms in total. The SMILES string of the molecule is CCCCCCCCN(C(=O)CNC(=O)OC(C)(C)C)C(C(=O)NCCCCC)c1ccccc1C. The Kier molecular flexibility index (Phi) is 14.8. The molecular formula is C29H49N3O4. The maximum Gasteiger partial charge on any atom is 0.408 e. The summed E-state index contributed by atoms with van der Waals surface area (Å²) in [5.41, 5.74) is 1.10. The number of rotatable bonds is 16. The molecule has 0 bridgehead atoms. The molecule has 0 aliphatic rings. The van der Waals surface area contributed by atoms with E-state index in [9.17, 15) is 14.4 Å². The lowest BCUT2D eigenvalue weighted by molar-refractivity contribution is -0.140. The van der Waals surface area contributed by atoms with Gasteiger partial charge in [-0.15, -0.1) is 0 Å². The Bertz CT molecular complexity index is 804. The van der Waals surface area contributed by atoms with Crippen molar-refractivity contribution in [1.82, 2.24) is 15.5 Å². The average Bonchev–Trinajstić information content (AvgIpc) is 2.81. The molecule has 0 saturated carbocycles. The minimum Gasteiger partial charge on any atom is -0.444 e. The second kappa shape index (κ2) is 17.0. The van der Waals surface area contributed by atoms with Crippen molar-refractivity contribution in [1.29, 1.82) is 0 Å². The number of alkyl carbamates (subject to hydrolysis) is 1. The number of carbonyl (C=O) groups excluding carboxylic acids is 3. The topological polar surface area (TPSA) is 87.7 Å². The van der Waals surface area contributed by atoms with Crippen molar-refractivity contribution in [2.45, 2.75) is 111 Å². The van der Waals surface area contributed by atoms with E-state index in [2.05, 4.69) is 24.5 Å². The summed E-state index contributed by atoms with van der Waals surface area (Å²) in [5.74, 6) is -0.483. The number of hydrogen-bond donors (Lipinski definition) is 2. The predicted octanol–water partition coefficient (Wildman–Crippen LogP) is 6.06. The molecule has 1 aromatic rings. The van der Waals surface area contributed by atoms with Gasteiger partial charge in [-0.25, -0.2) is 4.79 Å². The van der Waals surface area contributed by atoms with Crippen LogP contribution in [0.3, 0.4) is 0 Å². The Morgan fingerprint density at radius 1 is 0.889 bits per heavy atom.